The van der Waals surface area contributed by atoms with E-state index in [-0.39, 0.29) is 0 Å². The predicted molar refractivity (Wildman–Crippen MR) is 72.0 cm³/mol. The molecule has 0 fully saturated rings. The Morgan fingerprint density at radius 2 is 2.06 bits per heavy atom. The molecule has 0 saturated carbocycles. The van der Waals surface area contributed by atoms with Crippen molar-refractivity contribution in [2.75, 3.05) is 0 Å². The fraction of sp³-hybridized carbons (Fsp3) is 0.133. The summed E-state index contributed by atoms with van der Waals surface area (Å²) in [6, 6.07) is 11.6. The predicted octanol–water partition coefficient (Wildman–Crippen LogP) is 2.20. The van der Waals surface area contributed by atoms with E-state index in [9.17, 15) is 4.79 Å². The van der Waals surface area contributed by atoms with E-state index >= 15 is 0 Å². The molecule has 0 aliphatic carbocycles. The number of hydrogen-bond donors (Lipinski definition) is 1. The van der Waals surface area contributed by atoms with Crippen LogP contribution in [-0.4, -0.2) is 10.5 Å². The van der Waals surface area contributed by atoms with E-state index in [0.29, 0.717) is 12.1 Å². The fourth-order valence-corrected chi connectivity index (χ4v) is 2.04. The van der Waals surface area contributed by atoms with Crippen LogP contribution < -0.4 is 5.73 Å². The summed E-state index contributed by atoms with van der Waals surface area (Å²) in [6.45, 7) is 2.27. The average Bonchev–Trinajstić information content (AvgIpc) is 2.69. The number of amides is 1. The van der Waals surface area contributed by atoms with Crippen molar-refractivity contribution >= 4 is 5.91 Å². The number of primary amides is 1. The molecule has 2 aromatic rings. The van der Waals surface area contributed by atoms with Gasteiger partial charge in [0.2, 0.25) is 0 Å². The van der Waals surface area contributed by atoms with Gasteiger partial charge in [0.25, 0.3) is 5.91 Å². The zero-order chi connectivity index (χ0) is 13.1. The number of aromatic nitrogens is 1. The van der Waals surface area contributed by atoms with E-state index in [1.807, 2.05) is 41.8 Å². The molecule has 1 amide bonds. The van der Waals surface area contributed by atoms with Crippen LogP contribution >= 0.6 is 0 Å². The molecule has 0 radical (unpaired) electrons. The molecule has 0 saturated heterocycles. The highest BCUT2D eigenvalue weighted by atomic mass is 16.1. The van der Waals surface area contributed by atoms with Gasteiger partial charge in [-0.3, -0.25) is 4.79 Å². The molecule has 0 aliphatic heterocycles. The Morgan fingerprint density at radius 3 is 2.61 bits per heavy atom. The van der Waals surface area contributed by atoms with Gasteiger partial charge >= 0.3 is 0 Å². The monoisotopic (exact) mass is 238 g/mol. The molecule has 0 aliphatic rings. The minimum Gasteiger partial charge on any atom is -0.366 e. The molecule has 0 spiro atoms. The smallest absolute Gasteiger partial charge is 0.250 e. The van der Waals surface area contributed by atoms with Crippen molar-refractivity contribution in [2.24, 2.45) is 5.73 Å². The lowest BCUT2D eigenvalue weighted by Gasteiger charge is -2.08. The van der Waals surface area contributed by atoms with Gasteiger partial charge in [-0.25, -0.2) is 0 Å². The second kappa shape index (κ2) is 4.80. The highest BCUT2D eigenvalue weighted by Gasteiger charge is 2.15. The second-order valence-electron chi connectivity index (χ2n) is 4.05. The van der Waals surface area contributed by atoms with Crippen LogP contribution in [0.3, 0.4) is 0 Å². The Morgan fingerprint density at radius 1 is 1.39 bits per heavy atom. The summed E-state index contributed by atoms with van der Waals surface area (Å²) in [6.07, 6.45) is 5.37. The zero-order valence-corrected chi connectivity index (χ0v) is 10.2. The molecular formula is C15H14N2O. The number of terminal acetylenes is 1. The molecule has 3 heteroatoms. The number of carbonyl (C=O) groups excluding carboxylic acids is 1. The molecule has 1 heterocycles. The Balaban J connectivity index is 2.64. The van der Waals surface area contributed by atoms with Crippen LogP contribution in [0.25, 0.3) is 11.3 Å². The van der Waals surface area contributed by atoms with E-state index in [4.69, 9.17) is 12.2 Å². The van der Waals surface area contributed by atoms with Gasteiger partial charge in [0.05, 0.1) is 12.1 Å². The summed E-state index contributed by atoms with van der Waals surface area (Å²) >= 11 is 0. The van der Waals surface area contributed by atoms with Gasteiger partial charge in [-0.05, 0) is 18.6 Å². The Bertz CT molecular complexity index is 618. The largest absolute Gasteiger partial charge is 0.366 e. The summed E-state index contributed by atoms with van der Waals surface area (Å²) in [5.41, 5.74) is 8.62. The van der Waals surface area contributed by atoms with Crippen molar-refractivity contribution in [2.45, 2.75) is 13.5 Å². The van der Waals surface area contributed by atoms with Crippen LogP contribution in [-0.2, 0) is 6.54 Å². The van der Waals surface area contributed by atoms with Crippen LogP contribution in [0, 0.1) is 19.3 Å². The first-order valence-electron chi connectivity index (χ1n) is 5.64. The van der Waals surface area contributed by atoms with Gasteiger partial charge in [-0.2, -0.15) is 0 Å². The molecule has 2 rings (SSSR count). The van der Waals surface area contributed by atoms with E-state index in [1.54, 1.807) is 6.07 Å². The third-order valence-electron chi connectivity index (χ3n) is 2.95. The zero-order valence-electron chi connectivity index (χ0n) is 10.2. The number of nitrogens with zero attached hydrogens (tertiary/aromatic N) is 1. The number of benzene rings is 1. The first kappa shape index (κ1) is 12.0. The highest BCUT2D eigenvalue weighted by Crippen LogP contribution is 2.25. The summed E-state index contributed by atoms with van der Waals surface area (Å²) in [5, 5.41) is 0. The summed E-state index contributed by atoms with van der Waals surface area (Å²) in [7, 11) is 0. The summed E-state index contributed by atoms with van der Waals surface area (Å²) in [5.74, 6) is 2.17. The Hall–Kier alpha value is -2.47. The van der Waals surface area contributed by atoms with Gasteiger partial charge in [0, 0.05) is 11.4 Å². The molecule has 0 atom stereocenters. The van der Waals surface area contributed by atoms with Crippen molar-refractivity contribution in [3.63, 3.8) is 0 Å². The van der Waals surface area contributed by atoms with Crippen LogP contribution in [0.4, 0.5) is 0 Å². The van der Waals surface area contributed by atoms with E-state index in [0.717, 1.165) is 17.0 Å². The van der Waals surface area contributed by atoms with Crippen LogP contribution in [0.2, 0.25) is 0 Å². The van der Waals surface area contributed by atoms with Gasteiger partial charge in [-0.15, -0.1) is 6.42 Å². The quantitative estimate of drug-likeness (QED) is 0.819. The summed E-state index contributed by atoms with van der Waals surface area (Å²) < 4.78 is 1.93. The number of hydrogen-bond acceptors (Lipinski definition) is 1. The topological polar surface area (TPSA) is 48.0 Å². The third-order valence-corrected chi connectivity index (χ3v) is 2.95. The van der Waals surface area contributed by atoms with E-state index < -0.39 is 5.91 Å². The maximum atomic E-state index is 11.4. The van der Waals surface area contributed by atoms with Crippen molar-refractivity contribution in [1.82, 2.24) is 4.57 Å². The van der Waals surface area contributed by atoms with Gasteiger partial charge in [-0.1, -0.05) is 36.3 Å². The standard InChI is InChI=1S/C15H14N2O/c1-3-9-17-11(2)13(15(16)18)10-14(17)12-7-5-4-6-8-12/h1,4-8,10H,9H2,2H3,(H2,16,18). The lowest BCUT2D eigenvalue weighted by molar-refractivity contribution is 0.0999. The average molecular weight is 238 g/mol. The number of rotatable bonds is 3. The lowest BCUT2D eigenvalue weighted by atomic mass is 10.1. The normalized spacial score (nSPS) is 10.0. The number of carbonyl (C=O) groups is 1. The van der Waals surface area contributed by atoms with Crippen molar-refractivity contribution in [3.8, 4) is 23.6 Å². The van der Waals surface area contributed by atoms with E-state index in [2.05, 4.69) is 5.92 Å². The molecule has 1 aromatic carbocycles. The highest BCUT2D eigenvalue weighted by molar-refractivity contribution is 5.95. The molecule has 90 valence electrons. The molecular weight excluding hydrogens is 224 g/mol. The molecule has 0 unspecified atom stereocenters. The first-order chi connectivity index (χ1) is 8.65. The maximum absolute atomic E-state index is 11.4. The molecule has 0 bridgehead atoms. The van der Waals surface area contributed by atoms with Crippen LogP contribution in [0.5, 0.6) is 0 Å². The Kier molecular flexibility index (Phi) is 3.20. The number of nitrogens with two attached hydrogens (primary N) is 1. The first-order valence-corrected chi connectivity index (χ1v) is 5.64. The molecule has 2 N–H and O–H groups in total. The van der Waals surface area contributed by atoms with Crippen molar-refractivity contribution in [1.29, 1.82) is 0 Å². The fourth-order valence-electron chi connectivity index (χ4n) is 2.04. The lowest BCUT2D eigenvalue weighted by Crippen LogP contribution is -2.12. The van der Waals surface area contributed by atoms with Crippen LogP contribution in [0.15, 0.2) is 36.4 Å². The molecule has 1 aromatic heterocycles. The minimum atomic E-state index is -0.430. The van der Waals surface area contributed by atoms with E-state index in [1.165, 1.54) is 0 Å². The van der Waals surface area contributed by atoms with Crippen molar-refractivity contribution < 1.29 is 4.79 Å². The molecule has 3 nitrogen and oxygen atoms in total. The summed E-state index contributed by atoms with van der Waals surface area (Å²) in [4.78, 5) is 11.4. The Labute approximate surface area is 106 Å². The van der Waals surface area contributed by atoms with Gasteiger partial charge in [0.1, 0.15) is 0 Å². The van der Waals surface area contributed by atoms with Gasteiger partial charge < -0.3 is 10.3 Å². The third kappa shape index (κ3) is 2.01. The van der Waals surface area contributed by atoms with Gasteiger partial charge in [0.15, 0.2) is 0 Å². The minimum absolute atomic E-state index is 0.420. The maximum Gasteiger partial charge on any atom is 0.250 e. The van der Waals surface area contributed by atoms with Crippen molar-refractivity contribution in [3.05, 3.63) is 47.7 Å². The second-order valence-corrected chi connectivity index (χ2v) is 4.05. The SMILES string of the molecule is C#CCn1c(-c2ccccc2)cc(C(N)=O)c1C. The van der Waals surface area contributed by atoms with Crippen LogP contribution in [0.1, 0.15) is 16.1 Å². The molecule has 18 heavy (non-hydrogen) atoms.